The third-order valence-corrected chi connectivity index (χ3v) is 3.49. The molecule has 0 radical (unpaired) electrons. The van der Waals surface area contributed by atoms with Crippen LogP contribution in [0.25, 0.3) is 6.08 Å². The minimum atomic E-state index is -0.693. The van der Waals surface area contributed by atoms with Crippen molar-refractivity contribution in [3.8, 4) is 17.6 Å². The average molecular weight is 382 g/mol. The highest BCUT2D eigenvalue weighted by Gasteiger charge is 2.11. The Kier molecular flexibility index (Phi) is 7.54. The van der Waals surface area contributed by atoms with Gasteiger partial charge in [0.2, 0.25) is 0 Å². The fourth-order valence-electron chi connectivity index (χ4n) is 2.21. The van der Waals surface area contributed by atoms with Crippen molar-refractivity contribution in [2.45, 2.75) is 6.92 Å². The van der Waals surface area contributed by atoms with Gasteiger partial charge in [-0.2, -0.15) is 5.26 Å². The first-order chi connectivity index (χ1) is 13.5. The minimum absolute atomic E-state index is 0.0146. The molecule has 0 N–H and O–H groups in total. The standard InChI is InChI=1S/C20H18N2O6/c1-2-26-20(23)16(14-21)13-15-5-3-4-6-19(15)28-12-11-27-18-9-7-17(8-10-18)22(24)25/h3-10,13H,2,11-12H2,1H3/b16-13+. The number of nitro groups is 1. The minimum Gasteiger partial charge on any atom is -0.490 e. The predicted octanol–water partition coefficient (Wildman–Crippen LogP) is 3.52. The van der Waals surface area contributed by atoms with Gasteiger partial charge in [-0.05, 0) is 31.2 Å². The Hall–Kier alpha value is -3.86. The second-order valence-corrected chi connectivity index (χ2v) is 5.38. The second-order valence-electron chi connectivity index (χ2n) is 5.38. The molecule has 144 valence electrons. The topological polar surface area (TPSA) is 112 Å². The molecule has 2 rings (SSSR count). The van der Waals surface area contributed by atoms with Gasteiger partial charge in [0.1, 0.15) is 36.4 Å². The van der Waals surface area contributed by atoms with E-state index in [1.165, 1.54) is 30.3 Å². The molecule has 28 heavy (non-hydrogen) atoms. The number of nitrogens with zero attached hydrogens (tertiary/aromatic N) is 2. The third-order valence-electron chi connectivity index (χ3n) is 3.49. The zero-order valence-corrected chi connectivity index (χ0v) is 15.2. The van der Waals surface area contributed by atoms with Gasteiger partial charge in [-0.25, -0.2) is 4.79 Å². The highest BCUT2D eigenvalue weighted by Crippen LogP contribution is 2.22. The highest BCUT2D eigenvalue weighted by atomic mass is 16.6. The maximum absolute atomic E-state index is 11.8. The van der Waals surface area contributed by atoms with Gasteiger partial charge in [-0.15, -0.1) is 0 Å². The number of hydrogen-bond donors (Lipinski definition) is 0. The Morgan fingerprint density at radius 2 is 1.82 bits per heavy atom. The Morgan fingerprint density at radius 1 is 1.14 bits per heavy atom. The van der Waals surface area contributed by atoms with E-state index >= 15 is 0 Å². The van der Waals surface area contributed by atoms with Crippen LogP contribution in [-0.4, -0.2) is 30.7 Å². The summed E-state index contributed by atoms with van der Waals surface area (Å²) in [5.74, 6) is 0.268. The third kappa shape index (κ3) is 5.85. The van der Waals surface area contributed by atoms with Crippen LogP contribution in [0.1, 0.15) is 12.5 Å². The van der Waals surface area contributed by atoms with Crippen LogP contribution in [-0.2, 0) is 9.53 Å². The van der Waals surface area contributed by atoms with Gasteiger partial charge in [0.25, 0.3) is 5.69 Å². The number of rotatable bonds is 9. The Balaban J connectivity index is 1.97. The lowest BCUT2D eigenvalue weighted by atomic mass is 10.1. The van der Waals surface area contributed by atoms with Crippen molar-refractivity contribution in [3.05, 3.63) is 69.8 Å². The van der Waals surface area contributed by atoms with Crippen LogP contribution >= 0.6 is 0 Å². The van der Waals surface area contributed by atoms with E-state index in [0.717, 1.165) is 0 Å². The molecule has 0 heterocycles. The second kappa shape index (κ2) is 10.3. The molecule has 0 unspecified atom stereocenters. The summed E-state index contributed by atoms with van der Waals surface area (Å²) >= 11 is 0. The zero-order chi connectivity index (χ0) is 20.4. The van der Waals surface area contributed by atoms with Crippen LogP contribution in [0.2, 0.25) is 0 Å². The van der Waals surface area contributed by atoms with Gasteiger partial charge in [0, 0.05) is 17.7 Å². The van der Waals surface area contributed by atoms with Gasteiger partial charge < -0.3 is 14.2 Å². The molecule has 0 aliphatic rings. The van der Waals surface area contributed by atoms with Crippen molar-refractivity contribution in [2.24, 2.45) is 0 Å². The van der Waals surface area contributed by atoms with Crippen molar-refractivity contribution in [1.82, 2.24) is 0 Å². The molecular formula is C20H18N2O6. The number of esters is 1. The van der Waals surface area contributed by atoms with E-state index in [1.54, 1.807) is 31.2 Å². The molecule has 0 atom stereocenters. The number of carbonyl (C=O) groups is 1. The number of nitriles is 1. The summed E-state index contributed by atoms with van der Waals surface area (Å²) in [4.78, 5) is 21.9. The first-order valence-electron chi connectivity index (χ1n) is 8.43. The molecular weight excluding hydrogens is 364 g/mol. The molecule has 0 saturated carbocycles. The summed E-state index contributed by atoms with van der Waals surface area (Å²) in [5, 5.41) is 19.8. The molecule has 0 aromatic heterocycles. The van der Waals surface area contributed by atoms with E-state index in [9.17, 15) is 14.9 Å². The maximum atomic E-state index is 11.8. The van der Waals surface area contributed by atoms with Gasteiger partial charge in [0.05, 0.1) is 11.5 Å². The zero-order valence-electron chi connectivity index (χ0n) is 15.2. The number of non-ortho nitro benzene ring substituents is 1. The van der Waals surface area contributed by atoms with E-state index < -0.39 is 10.9 Å². The first-order valence-corrected chi connectivity index (χ1v) is 8.43. The van der Waals surface area contributed by atoms with E-state index in [4.69, 9.17) is 19.5 Å². The van der Waals surface area contributed by atoms with Crippen molar-refractivity contribution < 1.29 is 23.9 Å². The number of para-hydroxylation sites is 1. The molecule has 8 nitrogen and oxygen atoms in total. The fraction of sp³-hybridized carbons (Fsp3) is 0.200. The van der Waals surface area contributed by atoms with Crippen molar-refractivity contribution in [3.63, 3.8) is 0 Å². The summed E-state index contributed by atoms with van der Waals surface area (Å²) in [5.41, 5.74) is 0.418. The number of carbonyl (C=O) groups excluding carboxylic acids is 1. The molecule has 0 spiro atoms. The molecule has 0 amide bonds. The van der Waals surface area contributed by atoms with Crippen LogP contribution in [0.15, 0.2) is 54.1 Å². The lowest BCUT2D eigenvalue weighted by molar-refractivity contribution is -0.384. The van der Waals surface area contributed by atoms with E-state index in [2.05, 4.69) is 0 Å². The van der Waals surface area contributed by atoms with Crippen LogP contribution in [0, 0.1) is 21.4 Å². The predicted molar refractivity (Wildman–Crippen MR) is 101 cm³/mol. The number of hydrogen-bond acceptors (Lipinski definition) is 7. The maximum Gasteiger partial charge on any atom is 0.348 e. The summed E-state index contributed by atoms with van der Waals surface area (Å²) in [6.45, 7) is 2.24. The summed E-state index contributed by atoms with van der Waals surface area (Å²) in [7, 11) is 0. The molecule has 2 aromatic rings. The summed E-state index contributed by atoms with van der Waals surface area (Å²) in [6, 6.07) is 14.5. The summed E-state index contributed by atoms with van der Waals surface area (Å²) in [6.07, 6.45) is 1.41. The van der Waals surface area contributed by atoms with Crippen LogP contribution in [0.5, 0.6) is 11.5 Å². The van der Waals surface area contributed by atoms with Gasteiger partial charge in [0.15, 0.2) is 0 Å². The van der Waals surface area contributed by atoms with Crippen LogP contribution < -0.4 is 9.47 Å². The smallest absolute Gasteiger partial charge is 0.348 e. The lowest BCUT2D eigenvalue weighted by Gasteiger charge is -2.10. The molecule has 0 aliphatic heterocycles. The van der Waals surface area contributed by atoms with Crippen molar-refractivity contribution in [1.29, 1.82) is 5.26 Å². The molecule has 0 fully saturated rings. The Bertz CT molecular complexity index is 900. The SMILES string of the molecule is CCOC(=O)/C(C#N)=C/c1ccccc1OCCOc1ccc([N+](=O)[O-])cc1. The quantitative estimate of drug-likeness (QED) is 0.163. The summed E-state index contributed by atoms with van der Waals surface area (Å²) < 4.78 is 16.0. The Morgan fingerprint density at radius 3 is 2.46 bits per heavy atom. The van der Waals surface area contributed by atoms with E-state index in [1.807, 2.05) is 6.07 Å². The largest absolute Gasteiger partial charge is 0.490 e. The number of nitro benzene ring substituents is 1. The van der Waals surface area contributed by atoms with Gasteiger partial charge in [-0.3, -0.25) is 10.1 Å². The monoisotopic (exact) mass is 382 g/mol. The molecule has 8 heteroatoms. The first kappa shape index (κ1) is 20.5. The van der Waals surface area contributed by atoms with E-state index in [0.29, 0.717) is 17.1 Å². The Labute approximate surface area is 161 Å². The van der Waals surface area contributed by atoms with Gasteiger partial charge >= 0.3 is 5.97 Å². The van der Waals surface area contributed by atoms with Gasteiger partial charge in [-0.1, -0.05) is 18.2 Å². The normalized spacial score (nSPS) is 10.6. The average Bonchev–Trinajstić information content (AvgIpc) is 2.70. The van der Waals surface area contributed by atoms with Crippen molar-refractivity contribution in [2.75, 3.05) is 19.8 Å². The molecule has 0 saturated heterocycles. The van der Waals surface area contributed by atoms with Crippen molar-refractivity contribution >= 4 is 17.7 Å². The number of ether oxygens (including phenoxy) is 3. The van der Waals surface area contributed by atoms with Crippen LogP contribution in [0.3, 0.4) is 0 Å². The molecule has 2 aromatic carbocycles. The lowest BCUT2D eigenvalue weighted by Crippen LogP contribution is -2.10. The number of benzene rings is 2. The molecule has 0 aliphatic carbocycles. The van der Waals surface area contributed by atoms with E-state index in [-0.39, 0.29) is 31.1 Å². The molecule has 0 bridgehead atoms. The highest BCUT2D eigenvalue weighted by molar-refractivity contribution is 5.98. The van der Waals surface area contributed by atoms with Crippen LogP contribution in [0.4, 0.5) is 5.69 Å². The fourth-order valence-corrected chi connectivity index (χ4v) is 2.21.